The van der Waals surface area contributed by atoms with E-state index in [4.69, 9.17) is 0 Å². The van der Waals surface area contributed by atoms with Gasteiger partial charge in [-0.3, -0.25) is 4.79 Å². The summed E-state index contributed by atoms with van der Waals surface area (Å²) in [4.78, 5) is 11.6. The van der Waals surface area contributed by atoms with Gasteiger partial charge in [-0.1, -0.05) is 12.8 Å². The van der Waals surface area contributed by atoms with Gasteiger partial charge in [0.15, 0.2) is 0 Å². The van der Waals surface area contributed by atoms with Gasteiger partial charge in [-0.05, 0) is 43.9 Å². The van der Waals surface area contributed by atoms with Crippen molar-refractivity contribution < 1.29 is 9.90 Å². The first-order valence-corrected chi connectivity index (χ1v) is 6.69. The first-order chi connectivity index (χ1) is 7.74. The molecule has 0 aromatic carbocycles. The number of carbonyl (C=O) groups is 1. The largest absolute Gasteiger partial charge is 0.393 e. The van der Waals surface area contributed by atoms with Crippen LogP contribution in [0, 0.1) is 11.8 Å². The molecule has 0 spiro atoms. The lowest BCUT2D eigenvalue weighted by Crippen LogP contribution is -2.34. The average Bonchev–Trinajstić information content (AvgIpc) is 2.21. The van der Waals surface area contributed by atoms with Crippen molar-refractivity contribution in [3.63, 3.8) is 0 Å². The fourth-order valence-electron chi connectivity index (χ4n) is 2.74. The lowest BCUT2D eigenvalue weighted by molar-refractivity contribution is -0.122. The molecule has 3 heteroatoms. The minimum atomic E-state index is -0.137. The second kappa shape index (κ2) is 5.67. The molecule has 2 atom stereocenters. The predicted molar refractivity (Wildman–Crippen MR) is 62.9 cm³/mol. The number of aliphatic hydroxyl groups is 1. The number of hydrogen-bond donors (Lipinski definition) is 2. The monoisotopic (exact) mass is 225 g/mol. The van der Waals surface area contributed by atoms with E-state index in [1.807, 2.05) is 0 Å². The molecule has 2 unspecified atom stereocenters. The van der Waals surface area contributed by atoms with Gasteiger partial charge in [0.05, 0.1) is 6.10 Å². The summed E-state index contributed by atoms with van der Waals surface area (Å²) in [5.41, 5.74) is 0. The van der Waals surface area contributed by atoms with Crippen LogP contribution >= 0.6 is 0 Å². The van der Waals surface area contributed by atoms with Gasteiger partial charge < -0.3 is 10.4 Å². The topological polar surface area (TPSA) is 49.3 Å². The highest BCUT2D eigenvalue weighted by Crippen LogP contribution is 2.29. The summed E-state index contributed by atoms with van der Waals surface area (Å²) in [5, 5.41) is 12.5. The van der Waals surface area contributed by atoms with Gasteiger partial charge in [-0.15, -0.1) is 0 Å². The van der Waals surface area contributed by atoms with Gasteiger partial charge in [0.2, 0.25) is 5.91 Å². The molecule has 2 saturated carbocycles. The van der Waals surface area contributed by atoms with Crippen LogP contribution in [0.2, 0.25) is 0 Å². The van der Waals surface area contributed by atoms with Crippen LogP contribution in [0.3, 0.4) is 0 Å². The highest BCUT2D eigenvalue weighted by molar-refractivity contribution is 5.76. The molecule has 0 saturated heterocycles. The van der Waals surface area contributed by atoms with Gasteiger partial charge >= 0.3 is 0 Å². The maximum absolute atomic E-state index is 11.6. The Labute approximate surface area is 97.6 Å². The van der Waals surface area contributed by atoms with Crippen LogP contribution in [0.25, 0.3) is 0 Å². The van der Waals surface area contributed by atoms with Crippen LogP contribution in [0.5, 0.6) is 0 Å². The normalized spacial score (nSPS) is 30.8. The number of aliphatic hydroxyl groups excluding tert-OH is 1. The van der Waals surface area contributed by atoms with E-state index in [0.717, 1.165) is 38.6 Å². The van der Waals surface area contributed by atoms with Crippen LogP contribution in [-0.4, -0.2) is 23.7 Å². The van der Waals surface area contributed by atoms with Gasteiger partial charge in [0.25, 0.3) is 0 Å². The van der Waals surface area contributed by atoms with Crippen molar-refractivity contribution in [3.8, 4) is 0 Å². The Morgan fingerprint density at radius 1 is 1.12 bits per heavy atom. The molecule has 2 fully saturated rings. The minimum absolute atomic E-state index is 0.137. The molecule has 16 heavy (non-hydrogen) atoms. The molecular formula is C13H23NO2. The van der Waals surface area contributed by atoms with E-state index < -0.39 is 0 Å². The lowest BCUT2D eigenvalue weighted by atomic mass is 9.82. The molecule has 2 rings (SSSR count). The molecule has 0 heterocycles. The van der Waals surface area contributed by atoms with Crippen molar-refractivity contribution >= 4 is 5.91 Å². The molecule has 0 aromatic rings. The maximum atomic E-state index is 11.6. The molecule has 1 amide bonds. The predicted octanol–water partition coefficient (Wildman–Crippen LogP) is 1.84. The van der Waals surface area contributed by atoms with Gasteiger partial charge in [-0.2, -0.15) is 0 Å². The summed E-state index contributed by atoms with van der Waals surface area (Å²) in [6.45, 7) is 0.766. The molecule has 3 nitrogen and oxygen atoms in total. The smallest absolute Gasteiger partial charge is 0.220 e. The summed E-state index contributed by atoms with van der Waals surface area (Å²) in [7, 11) is 0. The molecule has 0 bridgehead atoms. The summed E-state index contributed by atoms with van der Waals surface area (Å²) in [6.07, 6.45) is 8.40. The quantitative estimate of drug-likeness (QED) is 0.767. The molecule has 0 aliphatic heterocycles. The molecule has 0 radical (unpaired) electrons. The Morgan fingerprint density at radius 3 is 2.44 bits per heavy atom. The fraction of sp³-hybridized carbons (Fsp3) is 0.923. The Morgan fingerprint density at radius 2 is 1.81 bits per heavy atom. The van der Waals surface area contributed by atoms with Crippen molar-refractivity contribution in [3.05, 3.63) is 0 Å². The first-order valence-electron chi connectivity index (χ1n) is 6.69. The highest BCUT2D eigenvalue weighted by atomic mass is 16.3. The van der Waals surface area contributed by atoms with Crippen LogP contribution in [-0.2, 0) is 4.79 Å². The number of carbonyl (C=O) groups excluding carboxylic acids is 1. The number of nitrogens with one attached hydrogen (secondary N) is 1. The zero-order chi connectivity index (χ0) is 11.4. The van der Waals surface area contributed by atoms with E-state index in [9.17, 15) is 9.90 Å². The lowest BCUT2D eigenvalue weighted by Gasteiger charge is -2.27. The molecule has 2 aliphatic carbocycles. The van der Waals surface area contributed by atoms with Crippen molar-refractivity contribution in [1.29, 1.82) is 0 Å². The van der Waals surface area contributed by atoms with E-state index in [2.05, 4.69) is 5.32 Å². The van der Waals surface area contributed by atoms with E-state index in [0.29, 0.717) is 11.8 Å². The average molecular weight is 225 g/mol. The van der Waals surface area contributed by atoms with Gasteiger partial charge in [0, 0.05) is 13.0 Å². The second-order valence-electron chi connectivity index (χ2n) is 5.49. The standard InChI is InChI=1S/C13H23NO2/c15-12-6-2-5-11(7-12)9-14-13(16)8-10-3-1-4-10/h10-12,15H,1-9H2,(H,14,16). The Balaban J connectivity index is 1.60. The maximum Gasteiger partial charge on any atom is 0.220 e. The summed E-state index contributed by atoms with van der Waals surface area (Å²) < 4.78 is 0. The van der Waals surface area contributed by atoms with Crippen molar-refractivity contribution in [2.45, 2.75) is 57.5 Å². The van der Waals surface area contributed by atoms with E-state index >= 15 is 0 Å². The fourth-order valence-corrected chi connectivity index (χ4v) is 2.74. The Hall–Kier alpha value is -0.570. The summed E-state index contributed by atoms with van der Waals surface area (Å²) >= 11 is 0. The number of hydrogen-bond acceptors (Lipinski definition) is 2. The van der Waals surface area contributed by atoms with Crippen molar-refractivity contribution in [1.82, 2.24) is 5.32 Å². The Kier molecular flexibility index (Phi) is 4.22. The van der Waals surface area contributed by atoms with Crippen LogP contribution in [0.15, 0.2) is 0 Å². The second-order valence-corrected chi connectivity index (χ2v) is 5.49. The zero-order valence-electron chi connectivity index (χ0n) is 9.95. The van der Waals surface area contributed by atoms with Gasteiger partial charge in [-0.25, -0.2) is 0 Å². The van der Waals surface area contributed by atoms with E-state index in [1.54, 1.807) is 0 Å². The van der Waals surface area contributed by atoms with E-state index in [-0.39, 0.29) is 12.0 Å². The molecule has 2 aliphatic rings. The molecule has 92 valence electrons. The van der Waals surface area contributed by atoms with Crippen LogP contribution in [0.4, 0.5) is 0 Å². The SMILES string of the molecule is O=C(CC1CCC1)NCC1CCCC(O)C1. The third kappa shape index (κ3) is 3.48. The van der Waals surface area contributed by atoms with Gasteiger partial charge in [0.1, 0.15) is 0 Å². The summed E-state index contributed by atoms with van der Waals surface area (Å²) in [5.74, 6) is 1.36. The molecular weight excluding hydrogens is 202 g/mol. The van der Waals surface area contributed by atoms with E-state index in [1.165, 1.54) is 19.3 Å². The molecule has 2 N–H and O–H groups in total. The number of amides is 1. The first kappa shape index (κ1) is 11.9. The summed E-state index contributed by atoms with van der Waals surface area (Å²) in [6, 6.07) is 0. The number of rotatable bonds is 4. The third-order valence-corrected chi connectivity index (χ3v) is 4.04. The highest BCUT2D eigenvalue weighted by Gasteiger charge is 2.23. The Bertz CT molecular complexity index is 238. The minimum Gasteiger partial charge on any atom is -0.393 e. The van der Waals surface area contributed by atoms with Crippen molar-refractivity contribution in [2.75, 3.05) is 6.54 Å². The van der Waals surface area contributed by atoms with Crippen molar-refractivity contribution in [2.24, 2.45) is 11.8 Å². The van der Waals surface area contributed by atoms with Crippen LogP contribution < -0.4 is 5.32 Å². The third-order valence-electron chi connectivity index (χ3n) is 4.04. The molecule has 0 aromatic heterocycles. The van der Waals surface area contributed by atoms with Crippen LogP contribution in [0.1, 0.15) is 51.4 Å². The zero-order valence-corrected chi connectivity index (χ0v) is 9.95.